The van der Waals surface area contributed by atoms with Crippen LogP contribution >= 0.6 is 72.9 Å². The second-order valence-electron chi connectivity index (χ2n) is 36.5. The van der Waals surface area contributed by atoms with Gasteiger partial charge in [0.1, 0.15) is 0 Å². The van der Waals surface area contributed by atoms with Gasteiger partial charge in [-0.15, -0.1) is 0 Å². The average molecular weight is 2110 g/mol. The fourth-order valence-corrected chi connectivity index (χ4v) is 21.4. The molecule has 19 rings (SSSR count). The highest BCUT2D eigenvalue weighted by Crippen LogP contribution is 2.42. The van der Waals surface area contributed by atoms with Gasteiger partial charge in [-0.3, -0.25) is 67.7 Å². The Bertz CT molecular complexity index is 6990. The van der Waals surface area contributed by atoms with Crippen LogP contribution in [0.15, 0.2) is 156 Å². The van der Waals surface area contributed by atoms with Crippen molar-refractivity contribution in [2.45, 2.75) is 130 Å². The van der Waals surface area contributed by atoms with Gasteiger partial charge in [-0.25, -0.2) is 4.79 Å². The summed E-state index contributed by atoms with van der Waals surface area (Å²) in [6.07, 6.45) is -7.61. The van der Waals surface area contributed by atoms with Crippen LogP contribution in [-0.2, 0) is 135 Å². The van der Waals surface area contributed by atoms with Crippen molar-refractivity contribution in [3.8, 4) is 0 Å². The molecule has 3 N–H and O–H groups in total. The lowest BCUT2D eigenvalue weighted by molar-refractivity contribution is -0.151. The molecular weight excluding hydrogens is 2000 g/mol. The van der Waals surface area contributed by atoms with E-state index in [1.165, 1.54) is 61.0 Å². The summed E-state index contributed by atoms with van der Waals surface area (Å²) in [7, 11) is 9.94. The van der Waals surface area contributed by atoms with Gasteiger partial charge in [0.25, 0.3) is 0 Å². The number of carbonyl (C=O) groups is 4. The number of methoxy groups -OCH3 is 3. The number of hydrogen-bond acceptors (Lipinski definition) is 24. The highest BCUT2D eigenvalue weighted by atomic mass is 79.9. The Morgan fingerprint density at radius 2 is 0.886 bits per heavy atom. The number of rotatable bonds is 15. The number of benzene rings is 5. The third kappa shape index (κ3) is 25.5. The SMILES string of the molecule is CC(C)(C)C(=O)OCCl.COCC1(C(=O)N2CCc3ncc(C(F)(F)F)cc3C2)CCN(Cc2ccc3sc(=O)[nH]c3c2)C1.COCC1(C(=O)N2CCc3ncc(C(F)(F)F)cc3C2)CCN(Cc2ccc3sc(=O)n(C)c3c2)C1.COCC1(C(=O)N2CCc3ncc(C(F)(F)F)cc3C2)CCNC1.Cc1ccc2sc(=O)[nH]c2c1.Cc1ccc2sc(=O)n(C)c2c1.Cn1c(=O)oc2ccc(CBr)cc21. The van der Waals surface area contributed by atoms with Crippen LogP contribution in [0.25, 0.3) is 52.0 Å². The molecule has 140 heavy (non-hydrogen) atoms. The molecule has 3 atom stereocenters. The number of esters is 1. The molecule has 6 aliphatic rings. The molecular formula is C97H107BrClF9N14O14S4. The number of halogens is 11. The first-order valence-corrected chi connectivity index (χ1v) is 49.6. The number of alkyl halides is 11. The number of likely N-dealkylation sites (tertiary alicyclic amines) is 2. The third-order valence-corrected chi connectivity index (χ3v) is 29.7. The molecule has 0 saturated carbocycles. The van der Waals surface area contributed by atoms with E-state index < -0.39 is 56.9 Å². The molecule has 0 bridgehead atoms. The van der Waals surface area contributed by atoms with Crippen molar-refractivity contribution in [1.82, 2.24) is 68.4 Å². The van der Waals surface area contributed by atoms with Gasteiger partial charge < -0.3 is 62.5 Å². The van der Waals surface area contributed by atoms with Gasteiger partial charge in [0, 0.05) is 175 Å². The summed E-state index contributed by atoms with van der Waals surface area (Å²) < 4.78 is 152. The molecule has 3 saturated heterocycles. The molecule has 0 spiro atoms. The van der Waals surface area contributed by atoms with Crippen molar-refractivity contribution in [3.63, 3.8) is 0 Å². The second kappa shape index (κ2) is 44.9. The van der Waals surface area contributed by atoms with Crippen LogP contribution in [0.5, 0.6) is 0 Å². The van der Waals surface area contributed by atoms with Crippen molar-refractivity contribution in [1.29, 1.82) is 0 Å². The summed E-state index contributed by atoms with van der Waals surface area (Å²) in [5.41, 5.74) is 8.98. The smallest absolute Gasteiger partial charge is 0.419 e. The van der Waals surface area contributed by atoms with E-state index in [0.717, 1.165) is 112 Å². The fourth-order valence-electron chi connectivity index (χ4n) is 17.8. The summed E-state index contributed by atoms with van der Waals surface area (Å²) in [6, 6.07) is 32.8. The van der Waals surface area contributed by atoms with Crippen molar-refractivity contribution in [3.05, 3.63) is 255 Å². The maximum absolute atomic E-state index is 13.8. The number of aromatic nitrogens is 8. The molecule has 8 aromatic heterocycles. The van der Waals surface area contributed by atoms with Gasteiger partial charge in [-0.2, -0.15) is 39.5 Å². The number of oxazole rings is 1. The molecule has 3 fully saturated rings. The lowest BCUT2D eigenvalue weighted by atomic mass is 9.85. The predicted octanol–water partition coefficient (Wildman–Crippen LogP) is 16.1. The number of nitrogens with one attached hydrogen (secondary N) is 3. The quantitative estimate of drug-likeness (QED) is 0.0488. The molecule has 6 aliphatic heterocycles. The molecule has 14 heterocycles. The van der Waals surface area contributed by atoms with Crippen molar-refractivity contribution in [2.75, 3.05) is 106 Å². The van der Waals surface area contributed by atoms with Gasteiger partial charge in [0.15, 0.2) is 11.6 Å². The van der Waals surface area contributed by atoms with Crippen molar-refractivity contribution < 1.29 is 82.1 Å². The van der Waals surface area contributed by atoms with E-state index in [2.05, 4.69) is 60.7 Å². The van der Waals surface area contributed by atoms with E-state index >= 15 is 0 Å². The highest BCUT2D eigenvalue weighted by molar-refractivity contribution is 9.08. The molecule has 3 amide bonds. The number of H-pyrrole nitrogens is 2. The Morgan fingerprint density at radius 3 is 1.31 bits per heavy atom. The number of pyridine rings is 3. The Kier molecular flexibility index (Phi) is 34.2. The monoisotopic (exact) mass is 2100 g/mol. The molecule has 750 valence electrons. The summed E-state index contributed by atoms with van der Waals surface area (Å²) in [5, 5.41) is 3.96. The van der Waals surface area contributed by atoms with Crippen LogP contribution in [0.3, 0.4) is 0 Å². The molecule has 0 aliphatic carbocycles. The minimum Gasteiger partial charge on any atom is -0.449 e. The van der Waals surface area contributed by atoms with E-state index in [1.54, 1.807) is 87.1 Å². The summed E-state index contributed by atoms with van der Waals surface area (Å²) >= 11 is 13.4. The number of aromatic amines is 2. The third-order valence-electron chi connectivity index (χ3n) is 25.2. The van der Waals surface area contributed by atoms with Gasteiger partial charge >= 0.3 is 49.7 Å². The number of ether oxygens (including phenoxy) is 4. The zero-order chi connectivity index (χ0) is 101. The Labute approximate surface area is 827 Å². The van der Waals surface area contributed by atoms with Gasteiger partial charge in [0.2, 0.25) is 17.7 Å². The van der Waals surface area contributed by atoms with Crippen LogP contribution in [0.4, 0.5) is 39.5 Å². The molecule has 13 aromatic rings. The number of amides is 3. The zero-order valence-corrected chi connectivity index (χ0v) is 84.3. The molecule has 43 heteroatoms. The normalized spacial score (nSPS) is 18.2. The standard InChI is InChI=1S/C25H27F3N4O3S.C24H25F3N4O3S.C16H20F3N3O2.C9H8BrNO2.C9H9NOS.C8H7NOS.C6H11ClO2/c1-30-20-9-16(3-4-21(20)36-23(30)34)12-31-8-6-24(14-31,15-35-2)22(33)32-7-5-19-17(13-32)10-18(11-29-19)25(26,27)28;1-34-14-23(5-7-30(13-23)11-15-2-3-20-19(8-15)29-22(33)35-20)21(32)31-6-4-18-16(12-31)9-17(10-28-18)24(25,26)27;1-24-10-15(3-4-20-9-15)14(23)22-5-2-13-11(8-22)6-12(7-21-13)16(17,18)19;1-11-7-4-6(5-10)2-3-8(7)13-9(11)12;1-6-3-4-8-7(5-6)10(2)9(11)12-8;1-5-2-3-7-6(4-5)9-8(10)11-7;1-6(2,3)5(8)9-4-7/h3-4,9-11H,5-8,12-15H2,1-2H3;2-3,8-10H,4-7,11-14H2,1H3,(H,29,33);6-7,20H,2-5,8-10H2,1H3;2-4H,5H2,1H3;3-5H,1-2H3;2-4H,1H3,(H,9,10);4H2,1-3H3. The molecule has 5 aromatic carbocycles. The zero-order valence-electron chi connectivity index (χ0n) is 78.7. The second-order valence-corrected chi connectivity index (χ2v) is 41.3. The van der Waals surface area contributed by atoms with Crippen LogP contribution in [-0.4, -0.2) is 193 Å². The lowest BCUT2D eigenvalue weighted by Gasteiger charge is -2.36. The number of carbonyl (C=O) groups excluding carboxylic acids is 4. The van der Waals surface area contributed by atoms with Crippen LogP contribution < -0.4 is 30.6 Å². The topological polar surface area (TPSA) is 317 Å². The molecule has 3 unspecified atom stereocenters. The maximum Gasteiger partial charge on any atom is 0.419 e. The van der Waals surface area contributed by atoms with Crippen molar-refractivity contribution >= 4 is 149 Å². The predicted molar refractivity (Wildman–Crippen MR) is 524 cm³/mol. The van der Waals surface area contributed by atoms with E-state index in [0.29, 0.717) is 150 Å². The molecule has 28 nitrogen and oxygen atoms in total. The Hall–Kier alpha value is -10.6. The van der Waals surface area contributed by atoms with Crippen LogP contribution in [0, 0.1) is 35.5 Å². The fraction of sp³-hybridized carbons (Fsp3) is 0.443. The minimum atomic E-state index is -4.48. The first-order chi connectivity index (χ1) is 66.2. The molecule has 0 radical (unpaired) electrons. The number of thiazole rings is 4. The van der Waals surface area contributed by atoms with E-state index in [1.807, 2.05) is 105 Å². The van der Waals surface area contributed by atoms with Gasteiger partial charge in [-0.05, 0) is 197 Å². The largest absolute Gasteiger partial charge is 0.449 e. The van der Waals surface area contributed by atoms with E-state index in [-0.39, 0.29) is 87.9 Å². The minimum absolute atomic E-state index is 0.00584. The number of fused-ring (bicyclic) bond motifs is 8. The number of nitrogens with zero attached hydrogens (tertiary/aromatic N) is 11. The van der Waals surface area contributed by atoms with E-state index in [4.69, 9.17) is 30.2 Å². The summed E-state index contributed by atoms with van der Waals surface area (Å²) in [6.45, 7) is 16.7. The maximum atomic E-state index is 13.8. The Morgan fingerprint density at radius 1 is 0.486 bits per heavy atom. The van der Waals surface area contributed by atoms with Crippen LogP contribution in [0.1, 0.15) is 118 Å². The van der Waals surface area contributed by atoms with Crippen LogP contribution in [0.2, 0.25) is 0 Å². The number of hydrogen-bond donors (Lipinski definition) is 3. The highest BCUT2D eigenvalue weighted by Gasteiger charge is 2.50. The lowest BCUT2D eigenvalue weighted by Crippen LogP contribution is -2.49. The number of aryl methyl sites for hydroxylation is 5. The first kappa shape index (κ1) is 107. The van der Waals surface area contributed by atoms with Gasteiger partial charge in [0.05, 0.1) is 105 Å². The Balaban J connectivity index is 0.000000146. The average Bonchev–Trinajstić information content (AvgIpc) is 1.54. The van der Waals surface area contributed by atoms with Crippen molar-refractivity contribution in [2.24, 2.45) is 42.8 Å². The van der Waals surface area contributed by atoms with E-state index in [9.17, 15) is 82.7 Å². The van der Waals surface area contributed by atoms with Gasteiger partial charge in [-0.1, -0.05) is 103 Å². The first-order valence-electron chi connectivity index (χ1n) is 44.7. The summed E-state index contributed by atoms with van der Waals surface area (Å²) in [4.78, 5) is 135. The summed E-state index contributed by atoms with van der Waals surface area (Å²) in [5.74, 6) is -0.829.